The van der Waals surface area contributed by atoms with Gasteiger partial charge in [0.25, 0.3) is 0 Å². The van der Waals surface area contributed by atoms with Crippen LogP contribution in [0.4, 0.5) is 0 Å². The third-order valence-electron chi connectivity index (χ3n) is 6.63. The highest BCUT2D eigenvalue weighted by Crippen LogP contribution is 2.32. The lowest BCUT2D eigenvalue weighted by atomic mass is 9.86. The second kappa shape index (κ2) is 6.71. The predicted molar refractivity (Wildman–Crippen MR) is 105 cm³/mol. The summed E-state index contributed by atoms with van der Waals surface area (Å²) in [6, 6.07) is 6.64. The van der Waals surface area contributed by atoms with Gasteiger partial charge in [-0.05, 0) is 44.9 Å². The first-order valence-electron chi connectivity index (χ1n) is 9.76. The SMILES string of the molecule is Cc1[nH]c2c(CN3CCN(C)[C@]4(CCNC(=O)CC4)C3)cccc2c1C. The molecule has 26 heavy (non-hydrogen) atoms. The average molecular weight is 354 g/mol. The lowest BCUT2D eigenvalue weighted by Gasteiger charge is -2.49. The number of H-pyrrole nitrogens is 1. The van der Waals surface area contributed by atoms with Crippen molar-refractivity contribution in [1.29, 1.82) is 0 Å². The number of piperazine rings is 1. The van der Waals surface area contributed by atoms with Gasteiger partial charge in [-0.1, -0.05) is 18.2 Å². The van der Waals surface area contributed by atoms with Crippen LogP contribution in [-0.4, -0.2) is 59.5 Å². The molecule has 1 spiro atoms. The number of carbonyl (C=O) groups excluding carboxylic acids is 1. The van der Waals surface area contributed by atoms with Gasteiger partial charge in [0.2, 0.25) is 5.91 Å². The zero-order chi connectivity index (χ0) is 18.3. The Hall–Kier alpha value is -1.85. The molecule has 2 aliphatic rings. The molecule has 0 radical (unpaired) electrons. The molecule has 2 fully saturated rings. The Bertz CT molecular complexity index is 827. The number of amides is 1. The van der Waals surface area contributed by atoms with Crippen LogP contribution in [0.5, 0.6) is 0 Å². The summed E-state index contributed by atoms with van der Waals surface area (Å²) in [5.74, 6) is 0.203. The number of nitrogens with zero attached hydrogens (tertiary/aromatic N) is 2. The molecule has 140 valence electrons. The smallest absolute Gasteiger partial charge is 0.220 e. The lowest BCUT2D eigenvalue weighted by molar-refractivity contribution is -0.121. The van der Waals surface area contributed by atoms with E-state index in [2.05, 4.69) is 59.2 Å². The van der Waals surface area contributed by atoms with E-state index >= 15 is 0 Å². The van der Waals surface area contributed by atoms with E-state index in [1.54, 1.807) is 0 Å². The first kappa shape index (κ1) is 17.6. The minimum absolute atomic E-state index is 0.118. The fourth-order valence-electron chi connectivity index (χ4n) is 4.73. The van der Waals surface area contributed by atoms with Crippen LogP contribution in [0.15, 0.2) is 18.2 Å². The van der Waals surface area contributed by atoms with E-state index in [9.17, 15) is 4.79 Å². The third kappa shape index (κ3) is 3.03. The molecule has 1 aromatic carbocycles. The molecule has 4 rings (SSSR count). The van der Waals surface area contributed by atoms with Crippen LogP contribution < -0.4 is 5.32 Å². The van der Waals surface area contributed by atoms with E-state index < -0.39 is 0 Å². The molecule has 0 aliphatic carbocycles. The molecule has 0 saturated carbocycles. The van der Waals surface area contributed by atoms with Gasteiger partial charge in [-0.15, -0.1) is 0 Å². The standard InChI is InChI=1S/C21H30N4O/c1-15-16(2)23-20-17(5-4-6-18(15)20)13-25-12-11-24(3)21(14-25)8-7-19(26)22-10-9-21/h4-6,23H,7-14H2,1-3H3,(H,22,26)/t21-/m1/s1. The number of hydrogen-bond donors (Lipinski definition) is 2. The number of hydrogen-bond acceptors (Lipinski definition) is 3. The molecule has 5 heteroatoms. The number of benzene rings is 1. The molecule has 2 aliphatic heterocycles. The number of fused-ring (bicyclic) bond motifs is 1. The van der Waals surface area contributed by atoms with Crippen LogP contribution in [0, 0.1) is 13.8 Å². The lowest BCUT2D eigenvalue weighted by Crippen LogP contribution is -2.60. The number of aromatic nitrogens is 1. The Kier molecular flexibility index (Phi) is 4.53. The molecule has 0 unspecified atom stereocenters. The number of nitrogens with one attached hydrogen (secondary N) is 2. The Balaban J connectivity index is 1.57. The highest BCUT2D eigenvalue weighted by Gasteiger charge is 2.40. The highest BCUT2D eigenvalue weighted by molar-refractivity contribution is 5.87. The van der Waals surface area contributed by atoms with Crippen LogP contribution in [0.1, 0.15) is 36.1 Å². The van der Waals surface area contributed by atoms with Crippen molar-refractivity contribution >= 4 is 16.8 Å². The first-order chi connectivity index (χ1) is 12.5. The molecular weight excluding hydrogens is 324 g/mol. The number of para-hydroxylation sites is 1. The van der Waals surface area contributed by atoms with Crippen molar-refractivity contribution in [3.05, 3.63) is 35.0 Å². The summed E-state index contributed by atoms with van der Waals surface area (Å²) >= 11 is 0. The van der Waals surface area contributed by atoms with Gasteiger partial charge in [0.15, 0.2) is 0 Å². The summed E-state index contributed by atoms with van der Waals surface area (Å²) in [6.45, 7) is 9.28. The van der Waals surface area contributed by atoms with Crippen LogP contribution in [0.2, 0.25) is 0 Å². The van der Waals surface area contributed by atoms with Crippen LogP contribution in [0.25, 0.3) is 10.9 Å². The topological polar surface area (TPSA) is 51.4 Å². The van der Waals surface area contributed by atoms with E-state index in [1.165, 1.54) is 27.7 Å². The van der Waals surface area contributed by atoms with Crippen molar-refractivity contribution in [3.63, 3.8) is 0 Å². The predicted octanol–water partition coefficient (Wildman–Crippen LogP) is 2.57. The number of rotatable bonds is 2. The largest absolute Gasteiger partial charge is 0.358 e. The van der Waals surface area contributed by atoms with Crippen molar-refractivity contribution in [1.82, 2.24) is 20.1 Å². The van der Waals surface area contributed by atoms with E-state index in [-0.39, 0.29) is 11.4 Å². The minimum atomic E-state index is 0.118. The molecule has 2 N–H and O–H groups in total. The maximum absolute atomic E-state index is 11.8. The molecule has 1 amide bonds. The van der Waals surface area contributed by atoms with Crippen LogP contribution in [0.3, 0.4) is 0 Å². The Morgan fingerprint density at radius 1 is 1.19 bits per heavy atom. The van der Waals surface area contributed by atoms with Gasteiger partial charge in [0, 0.05) is 55.8 Å². The Labute approximate surface area is 155 Å². The molecule has 2 aromatic rings. The Morgan fingerprint density at radius 2 is 2.04 bits per heavy atom. The number of carbonyl (C=O) groups is 1. The molecule has 5 nitrogen and oxygen atoms in total. The minimum Gasteiger partial charge on any atom is -0.358 e. The van der Waals surface area contributed by atoms with Crippen LogP contribution >= 0.6 is 0 Å². The van der Waals surface area contributed by atoms with Crippen molar-refractivity contribution in [2.75, 3.05) is 33.2 Å². The van der Waals surface area contributed by atoms with Gasteiger partial charge in [-0.2, -0.15) is 0 Å². The van der Waals surface area contributed by atoms with Gasteiger partial charge >= 0.3 is 0 Å². The van der Waals surface area contributed by atoms with E-state index in [4.69, 9.17) is 0 Å². The fourth-order valence-corrected chi connectivity index (χ4v) is 4.73. The van der Waals surface area contributed by atoms with Gasteiger partial charge in [-0.25, -0.2) is 0 Å². The van der Waals surface area contributed by atoms with Gasteiger partial charge < -0.3 is 10.3 Å². The monoisotopic (exact) mass is 354 g/mol. The molecule has 2 saturated heterocycles. The van der Waals surface area contributed by atoms with Gasteiger partial charge in [0.05, 0.1) is 5.52 Å². The fraction of sp³-hybridized carbons (Fsp3) is 0.571. The first-order valence-corrected chi connectivity index (χ1v) is 9.76. The van der Waals surface area contributed by atoms with Gasteiger partial charge in [0.1, 0.15) is 0 Å². The second-order valence-electron chi connectivity index (χ2n) is 8.17. The van der Waals surface area contributed by atoms with E-state index in [0.717, 1.165) is 45.6 Å². The molecule has 1 atom stereocenters. The van der Waals surface area contributed by atoms with Crippen LogP contribution in [-0.2, 0) is 11.3 Å². The summed E-state index contributed by atoms with van der Waals surface area (Å²) in [7, 11) is 2.23. The number of aromatic amines is 1. The molecule has 1 aromatic heterocycles. The molecule has 0 bridgehead atoms. The zero-order valence-electron chi connectivity index (χ0n) is 16.2. The van der Waals surface area contributed by atoms with Crippen molar-refractivity contribution in [2.45, 2.75) is 45.2 Å². The zero-order valence-corrected chi connectivity index (χ0v) is 16.2. The van der Waals surface area contributed by atoms with Crippen molar-refractivity contribution in [3.8, 4) is 0 Å². The van der Waals surface area contributed by atoms with Gasteiger partial charge in [-0.3, -0.25) is 14.6 Å². The molecule has 3 heterocycles. The Morgan fingerprint density at radius 3 is 2.88 bits per heavy atom. The normalized spacial score (nSPS) is 25.6. The summed E-state index contributed by atoms with van der Waals surface area (Å²) in [5.41, 5.74) is 5.39. The maximum Gasteiger partial charge on any atom is 0.220 e. The number of aryl methyl sites for hydroxylation is 2. The van der Waals surface area contributed by atoms with Crippen molar-refractivity contribution < 1.29 is 4.79 Å². The summed E-state index contributed by atoms with van der Waals surface area (Å²) in [5, 5.41) is 4.39. The van der Waals surface area contributed by atoms with Crippen molar-refractivity contribution in [2.24, 2.45) is 0 Å². The summed E-state index contributed by atoms with van der Waals surface area (Å²) in [6.07, 6.45) is 2.64. The quantitative estimate of drug-likeness (QED) is 0.871. The number of likely N-dealkylation sites (N-methyl/N-ethyl adjacent to an activating group) is 1. The highest BCUT2D eigenvalue weighted by atomic mass is 16.1. The summed E-state index contributed by atoms with van der Waals surface area (Å²) < 4.78 is 0. The average Bonchev–Trinajstić information content (AvgIpc) is 2.80. The third-order valence-corrected chi connectivity index (χ3v) is 6.63. The maximum atomic E-state index is 11.8. The molecular formula is C21H30N4O. The van der Waals surface area contributed by atoms with E-state index in [1.807, 2.05) is 0 Å². The van der Waals surface area contributed by atoms with E-state index in [0.29, 0.717) is 6.42 Å². The summed E-state index contributed by atoms with van der Waals surface area (Å²) in [4.78, 5) is 20.5. The second-order valence-corrected chi connectivity index (χ2v) is 8.17.